The molecule has 4 nitrogen and oxygen atoms in total. The van der Waals surface area contributed by atoms with Gasteiger partial charge in [0.25, 0.3) is 0 Å². The number of nitrogens with zero attached hydrogens (tertiary/aromatic N) is 2. The molecule has 0 saturated carbocycles. The molecule has 0 aromatic carbocycles. The van der Waals surface area contributed by atoms with Crippen molar-refractivity contribution in [3.05, 3.63) is 0 Å². The van der Waals surface area contributed by atoms with Crippen LogP contribution in [0.1, 0.15) is 59.3 Å². The van der Waals surface area contributed by atoms with Crippen molar-refractivity contribution in [2.75, 3.05) is 13.6 Å². The lowest BCUT2D eigenvalue weighted by atomic mass is 9.96. The highest BCUT2D eigenvalue weighted by Gasteiger charge is 2.42. The highest BCUT2D eigenvalue weighted by atomic mass is 16.2. The van der Waals surface area contributed by atoms with Crippen molar-refractivity contribution in [1.82, 2.24) is 15.1 Å². The standard InChI is InChI=1S/C16H31N3O/c1-5-7-14-16(20)19(15(17-14)8-6-2)13-9-10-18(4)12(3)11-13/h12-15,17H,5-11H2,1-4H3. The monoisotopic (exact) mass is 281 g/mol. The molecular formula is C16H31N3O. The molecule has 0 aromatic rings. The van der Waals surface area contributed by atoms with Crippen LogP contribution in [0.5, 0.6) is 0 Å². The smallest absolute Gasteiger partial charge is 0.241 e. The fourth-order valence-electron chi connectivity index (χ4n) is 3.66. The number of amides is 1. The Kier molecular flexibility index (Phi) is 5.44. The second-order valence-electron chi connectivity index (χ2n) is 6.57. The molecule has 2 aliphatic rings. The minimum absolute atomic E-state index is 0.0616. The van der Waals surface area contributed by atoms with Gasteiger partial charge in [0.05, 0.1) is 12.2 Å². The van der Waals surface area contributed by atoms with E-state index >= 15 is 0 Å². The zero-order valence-electron chi connectivity index (χ0n) is 13.6. The van der Waals surface area contributed by atoms with Gasteiger partial charge in [0, 0.05) is 18.6 Å². The predicted molar refractivity (Wildman–Crippen MR) is 82.5 cm³/mol. The maximum absolute atomic E-state index is 12.7. The van der Waals surface area contributed by atoms with E-state index in [1.54, 1.807) is 0 Å². The first-order valence-corrected chi connectivity index (χ1v) is 8.36. The highest BCUT2D eigenvalue weighted by molar-refractivity contribution is 5.84. The second kappa shape index (κ2) is 6.90. The van der Waals surface area contributed by atoms with E-state index in [9.17, 15) is 4.79 Å². The second-order valence-corrected chi connectivity index (χ2v) is 6.57. The molecule has 4 heteroatoms. The molecule has 116 valence electrons. The van der Waals surface area contributed by atoms with Gasteiger partial charge in [0.1, 0.15) is 0 Å². The minimum atomic E-state index is 0.0616. The van der Waals surface area contributed by atoms with Gasteiger partial charge in [0.15, 0.2) is 0 Å². The summed E-state index contributed by atoms with van der Waals surface area (Å²) in [6.07, 6.45) is 6.74. The largest absolute Gasteiger partial charge is 0.323 e. The molecule has 4 atom stereocenters. The molecule has 4 unspecified atom stereocenters. The Labute approximate surface area is 123 Å². The fraction of sp³-hybridized carbons (Fsp3) is 0.938. The number of hydrogen-bond donors (Lipinski definition) is 1. The number of nitrogens with one attached hydrogen (secondary N) is 1. The maximum atomic E-state index is 12.7. The van der Waals surface area contributed by atoms with Gasteiger partial charge in [0.2, 0.25) is 5.91 Å². The first kappa shape index (κ1) is 15.8. The summed E-state index contributed by atoms with van der Waals surface area (Å²) in [5, 5.41) is 3.58. The van der Waals surface area contributed by atoms with Crippen molar-refractivity contribution in [2.45, 2.75) is 83.6 Å². The fourth-order valence-corrected chi connectivity index (χ4v) is 3.66. The summed E-state index contributed by atoms with van der Waals surface area (Å²) in [6.45, 7) is 7.74. The highest BCUT2D eigenvalue weighted by Crippen LogP contribution is 2.28. The summed E-state index contributed by atoms with van der Waals surface area (Å²) in [4.78, 5) is 17.3. The summed E-state index contributed by atoms with van der Waals surface area (Å²) in [6, 6.07) is 1.07. The number of rotatable bonds is 5. The number of piperidine rings is 1. The van der Waals surface area contributed by atoms with Gasteiger partial charge in [-0.2, -0.15) is 0 Å². The van der Waals surface area contributed by atoms with Gasteiger partial charge in [-0.3, -0.25) is 10.1 Å². The van der Waals surface area contributed by atoms with Crippen LogP contribution in [0, 0.1) is 0 Å². The van der Waals surface area contributed by atoms with Gasteiger partial charge in [-0.1, -0.05) is 26.7 Å². The lowest BCUT2D eigenvalue weighted by Gasteiger charge is -2.41. The minimum Gasteiger partial charge on any atom is -0.323 e. The van der Waals surface area contributed by atoms with Crippen molar-refractivity contribution in [3.63, 3.8) is 0 Å². The number of carbonyl (C=O) groups is 1. The Bertz CT molecular complexity index is 334. The van der Waals surface area contributed by atoms with Gasteiger partial charge in [-0.05, 0) is 39.7 Å². The molecule has 2 aliphatic heterocycles. The molecule has 1 amide bonds. The molecule has 20 heavy (non-hydrogen) atoms. The normalized spacial score (nSPS) is 35.8. The molecule has 0 spiro atoms. The van der Waals surface area contributed by atoms with Crippen LogP contribution in [-0.4, -0.2) is 53.6 Å². The molecule has 1 N–H and O–H groups in total. The lowest BCUT2D eigenvalue weighted by molar-refractivity contribution is -0.133. The van der Waals surface area contributed by atoms with E-state index in [1.165, 1.54) is 0 Å². The number of carbonyl (C=O) groups excluding carboxylic acids is 1. The SMILES string of the molecule is CCCC1NC(CCC)N(C2CCN(C)C(C)C2)C1=O. The third-order valence-corrected chi connectivity index (χ3v) is 5.00. The summed E-state index contributed by atoms with van der Waals surface area (Å²) >= 11 is 0. The molecule has 0 aliphatic carbocycles. The summed E-state index contributed by atoms with van der Waals surface area (Å²) in [5.41, 5.74) is 0. The van der Waals surface area contributed by atoms with E-state index in [1.807, 2.05) is 0 Å². The number of likely N-dealkylation sites (tertiary alicyclic amines) is 1. The molecular weight excluding hydrogens is 250 g/mol. The van der Waals surface area contributed by atoms with Crippen molar-refractivity contribution in [1.29, 1.82) is 0 Å². The molecule has 2 heterocycles. The maximum Gasteiger partial charge on any atom is 0.241 e. The quantitative estimate of drug-likeness (QED) is 0.839. The molecule has 0 bridgehead atoms. The lowest BCUT2D eigenvalue weighted by Crippen LogP contribution is -2.51. The zero-order valence-corrected chi connectivity index (χ0v) is 13.6. The topological polar surface area (TPSA) is 35.6 Å². The van der Waals surface area contributed by atoms with Crippen LogP contribution in [0.25, 0.3) is 0 Å². The van der Waals surface area contributed by atoms with Crippen LogP contribution in [0.4, 0.5) is 0 Å². The van der Waals surface area contributed by atoms with Crippen LogP contribution < -0.4 is 5.32 Å². The van der Waals surface area contributed by atoms with Crippen molar-refractivity contribution >= 4 is 5.91 Å². The predicted octanol–water partition coefficient (Wildman–Crippen LogP) is 2.20. The average Bonchev–Trinajstić information content (AvgIpc) is 2.71. The van der Waals surface area contributed by atoms with E-state index in [0.29, 0.717) is 18.0 Å². The Hall–Kier alpha value is -0.610. The Balaban J connectivity index is 2.08. The first-order chi connectivity index (χ1) is 9.58. The van der Waals surface area contributed by atoms with Crippen LogP contribution in [0.15, 0.2) is 0 Å². The Morgan fingerprint density at radius 1 is 1.25 bits per heavy atom. The van der Waals surface area contributed by atoms with Crippen LogP contribution in [0.2, 0.25) is 0 Å². The van der Waals surface area contributed by atoms with Gasteiger partial charge in [-0.15, -0.1) is 0 Å². The summed E-state index contributed by atoms with van der Waals surface area (Å²) < 4.78 is 0. The van der Waals surface area contributed by atoms with Crippen molar-refractivity contribution in [2.24, 2.45) is 0 Å². The average molecular weight is 281 g/mol. The molecule has 2 rings (SSSR count). The van der Waals surface area contributed by atoms with Gasteiger partial charge >= 0.3 is 0 Å². The molecule has 2 saturated heterocycles. The van der Waals surface area contributed by atoms with Crippen LogP contribution >= 0.6 is 0 Å². The van der Waals surface area contributed by atoms with E-state index < -0.39 is 0 Å². The van der Waals surface area contributed by atoms with Crippen LogP contribution in [0.3, 0.4) is 0 Å². The van der Waals surface area contributed by atoms with E-state index in [2.05, 4.69) is 42.9 Å². The van der Waals surface area contributed by atoms with E-state index in [4.69, 9.17) is 0 Å². The van der Waals surface area contributed by atoms with E-state index in [-0.39, 0.29) is 12.2 Å². The zero-order chi connectivity index (χ0) is 14.7. The molecule has 0 radical (unpaired) electrons. The van der Waals surface area contributed by atoms with Gasteiger partial charge < -0.3 is 9.80 Å². The van der Waals surface area contributed by atoms with E-state index in [0.717, 1.165) is 45.1 Å². The third-order valence-electron chi connectivity index (χ3n) is 5.00. The molecule has 2 fully saturated rings. The first-order valence-electron chi connectivity index (χ1n) is 8.36. The molecule has 0 aromatic heterocycles. The van der Waals surface area contributed by atoms with Gasteiger partial charge in [-0.25, -0.2) is 0 Å². The van der Waals surface area contributed by atoms with Crippen molar-refractivity contribution < 1.29 is 4.79 Å². The number of hydrogen-bond acceptors (Lipinski definition) is 3. The summed E-state index contributed by atoms with van der Waals surface area (Å²) in [7, 11) is 2.19. The Morgan fingerprint density at radius 3 is 2.55 bits per heavy atom. The third kappa shape index (κ3) is 3.17. The Morgan fingerprint density at radius 2 is 1.95 bits per heavy atom. The van der Waals surface area contributed by atoms with Crippen LogP contribution in [-0.2, 0) is 4.79 Å². The van der Waals surface area contributed by atoms with Crippen molar-refractivity contribution in [3.8, 4) is 0 Å². The summed E-state index contributed by atoms with van der Waals surface area (Å²) in [5.74, 6) is 0.354.